The monoisotopic (exact) mass is 465 g/mol. The van der Waals surface area contributed by atoms with Crippen LogP contribution in [0.5, 0.6) is 0 Å². The van der Waals surface area contributed by atoms with Crippen molar-refractivity contribution >= 4 is 27.5 Å². The minimum Gasteiger partial charge on any atom is -0.347 e. The van der Waals surface area contributed by atoms with E-state index < -0.39 is 21.9 Å². The highest BCUT2D eigenvalue weighted by Gasteiger charge is 2.44. The summed E-state index contributed by atoms with van der Waals surface area (Å²) < 4.78 is 38.8. The molecule has 1 unspecified atom stereocenters. The van der Waals surface area contributed by atoms with Crippen molar-refractivity contribution in [2.24, 2.45) is 0 Å². The van der Waals surface area contributed by atoms with Gasteiger partial charge >= 0.3 is 0 Å². The molecule has 0 N–H and O–H groups in total. The second kappa shape index (κ2) is 8.74. The zero-order chi connectivity index (χ0) is 23.1. The Kier molecular flexibility index (Phi) is 6.32. The van der Waals surface area contributed by atoms with Crippen molar-refractivity contribution in [2.75, 3.05) is 44.3 Å². The maximum absolute atomic E-state index is 13.4. The Morgan fingerprint density at radius 1 is 1.12 bits per heavy atom. The van der Waals surface area contributed by atoms with E-state index in [4.69, 9.17) is 9.47 Å². The number of amides is 2. The van der Waals surface area contributed by atoms with Crippen LogP contribution in [0.25, 0.3) is 0 Å². The first kappa shape index (κ1) is 23.2. The lowest BCUT2D eigenvalue weighted by Gasteiger charge is -2.39. The first-order chi connectivity index (χ1) is 15.2. The number of anilines is 1. The highest BCUT2D eigenvalue weighted by Crippen LogP contribution is 2.37. The molecule has 1 atom stereocenters. The van der Waals surface area contributed by atoms with Crippen LogP contribution in [0.3, 0.4) is 0 Å². The molecule has 1 aromatic rings. The third-order valence-electron chi connectivity index (χ3n) is 6.65. The number of likely N-dealkylation sites (tertiary alicyclic amines) is 1. The molecule has 2 fully saturated rings. The van der Waals surface area contributed by atoms with Gasteiger partial charge in [0.2, 0.25) is 21.8 Å². The van der Waals surface area contributed by atoms with Crippen molar-refractivity contribution in [3.63, 3.8) is 0 Å². The van der Waals surface area contributed by atoms with Gasteiger partial charge in [0.15, 0.2) is 5.79 Å². The highest BCUT2D eigenvalue weighted by molar-refractivity contribution is 7.89. The molecule has 2 saturated heterocycles. The number of ether oxygens (including phenoxy) is 2. The number of carbonyl (C=O) groups is 2. The largest absolute Gasteiger partial charge is 0.347 e. The lowest BCUT2D eigenvalue weighted by atomic mass is 10.0. The molecule has 3 heterocycles. The molecule has 32 heavy (non-hydrogen) atoms. The van der Waals surface area contributed by atoms with Crippen LogP contribution in [0.4, 0.5) is 5.69 Å². The fourth-order valence-corrected chi connectivity index (χ4v) is 6.46. The molecule has 3 aliphatic heterocycles. The smallest absolute Gasteiger partial charge is 0.246 e. The molecule has 4 rings (SSSR count). The first-order valence-corrected chi connectivity index (χ1v) is 12.7. The standard InChI is InChI=1S/C22H31N3O6S/c1-4-24(5-2)32(28,29)18-6-7-19-17(14-18)15-20(25(19)16(3)26)21(27)23-10-8-22(9-11-23)30-12-13-31-22/h6-7,14,20H,4-5,8-13,15H2,1-3H3. The molecular formula is C22H31N3O6S. The molecule has 0 radical (unpaired) electrons. The van der Waals surface area contributed by atoms with Crippen molar-refractivity contribution in [2.45, 2.75) is 56.8 Å². The van der Waals surface area contributed by atoms with Gasteiger partial charge in [0, 0.05) is 58.1 Å². The van der Waals surface area contributed by atoms with Crippen molar-refractivity contribution < 1.29 is 27.5 Å². The Labute approximate surface area is 189 Å². The SMILES string of the molecule is CCN(CC)S(=O)(=O)c1ccc2c(c1)CC(C(=O)N1CCC3(CC1)OCCO3)N2C(C)=O. The average molecular weight is 466 g/mol. The van der Waals surface area contributed by atoms with Crippen LogP contribution in [0.2, 0.25) is 0 Å². The summed E-state index contributed by atoms with van der Waals surface area (Å²) in [5, 5.41) is 0. The van der Waals surface area contributed by atoms with Crippen LogP contribution in [0.15, 0.2) is 23.1 Å². The van der Waals surface area contributed by atoms with E-state index in [9.17, 15) is 18.0 Å². The Morgan fingerprint density at radius 2 is 1.75 bits per heavy atom. The molecule has 3 aliphatic rings. The predicted molar refractivity (Wildman–Crippen MR) is 118 cm³/mol. The summed E-state index contributed by atoms with van der Waals surface area (Å²) >= 11 is 0. The third kappa shape index (κ3) is 3.93. The summed E-state index contributed by atoms with van der Waals surface area (Å²) in [5.41, 5.74) is 1.30. The second-order valence-electron chi connectivity index (χ2n) is 8.42. The summed E-state index contributed by atoms with van der Waals surface area (Å²) in [6, 6.07) is 4.10. The Bertz CT molecular complexity index is 991. The zero-order valence-electron chi connectivity index (χ0n) is 18.9. The number of carbonyl (C=O) groups excluding carboxylic acids is 2. The van der Waals surface area contributed by atoms with E-state index in [-0.39, 0.29) is 16.7 Å². The van der Waals surface area contributed by atoms with Gasteiger partial charge in [-0.3, -0.25) is 14.5 Å². The summed E-state index contributed by atoms with van der Waals surface area (Å²) in [6.45, 7) is 7.92. The maximum atomic E-state index is 13.4. The van der Waals surface area contributed by atoms with Crippen molar-refractivity contribution in [1.29, 1.82) is 0 Å². The van der Waals surface area contributed by atoms with E-state index in [0.29, 0.717) is 69.9 Å². The van der Waals surface area contributed by atoms with Crippen LogP contribution < -0.4 is 4.90 Å². The van der Waals surface area contributed by atoms with E-state index >= 15 is 0 Å². The average Bonchev–Trinajstić information content (AvgIpc) is 3.38. The lowest BCUT2D eigenvalue weighted by molar-refractivity contribution is -0.187. The number of sulfonamides is 1. The second-order valence-corrected chi connectivity index (χ2v) is 10.4. The first-order valence-electron chi connectivity index (χ1n) is 11.2. The number of rotatable bonds is 5. The van der Waals surface area contributed by atoms with Gasteiger partial charge in [-0.2, -0.15) is 4.31 Å². The quantitative estimate of drug-likeness (QED) is 0.652. The molecular weight excluding hydrogens is 434 g/mol. The van der Waals surface area contributed by atoms with E-state index in [1.807, 2.05) is 0 Å². The molecule has 0 aliphatic carbocycles. The zero-order valence-corrected chi connectivity index (χ0v) is 19.7. The molecule has 9 nitrogen and oxygen atoms in total. The molecule has 1 aromatic carbocycles. The van der Waals surface area contributed by atoms with Gasteiger partial charge in [0.05, 0.1) is 18.1 Å². The van der Waals surface area contributed by atoms with Crippen molar-refractivity contribution in [3.05, 3.63) is 23.8 Å². The number of piperidine rings is 1. The highest BCUT2D eigenvalue weighted by atomic mass is 32.2. The van der Waals surface area contributed by atoms with Gasteiger partial charge in [-0.1, -0.05) is 13.8 Å². The van der Waals surface area contributed by atoms with Crippen molar-refractivity contribution in [3.8, 4) is 0 Å². The van der Waals surface area contributed by atoms with E-state index in [1.165, 1.54) is 22.2 Å². The van der Waals surface area contributed by atoms with Crippen LogP contribution in [-0.2, 0) is 35.5 Å². The molecule has 0 bridgehead atoms. The fourth-order valence-electron chi connectivity index (χ4n) is 4.95. The predicted octanol–water partition coefficient (Wildman–Crippen LogP) is 1.36. The molecule has 10 heteroatoms. The third-order valence-corrected chi connectivity index (χ3v) is 8.70. The summed E-state index contributed by atoms with van der Waals surface area (Å²) in [7, 11) is -3.62. The fraction of sp³-hybridized carbons (Fsp3) is 0.636. The number of hydrogen-bond donors (Lipinski definition) is 0. The molecule has 176 valence electrons. The minimum atomic E-state index is -3.62. The summed E-state index contributed by atoms with van der Waals surface area (Å²) in [5.74, 6) is -0.946. The van der Waals surface area contributed by atoms with Gasteiger partial charge in [0.25, 0.3) is 0 Å². The number of hydrogen-bond acceptors (Lipinski definition) is 6. The normalized spacial score (nSPS) is 22.6. The molecule has 0 aromatic heterocycles. The van der Waals surface area contributed by atoms with Gasteiger partial charge in [0.1, 0.15) is 6.04 Å². The minimum absolute atomic E-state index is 0.127. The Hall–Kier alpha value is -2.01. The molecule has 1 spiro atoms. The van der Waals surface area contributed by atoms with Crippen LogP contribution in [-0.4, -0.2) is 80.7 Å². The van der Waals surface area contributed by atoms with Crippen LogP contribution >= 0.6 is 0 Å². The topological polar surface area (TPSA) is 96.5 Å². The van der Waals surface area contributed by atoms with Gasteiger partial charge in [-0.15, -0.1) is 0 Å². The van der Waals surface area contributed by atoms with E-state index in [1.54, 1.807) is 30.9 Å². The molecule has 0 saturated carbocycles. The molecule has 2 amide bonds. The van der Waals surface area contributed by atoms with E-state index in [0.717, 1.165) is 0 Å². The number of benzene rings is 1. The number of fused-ring (bicyclic) bond motifs is 1. The Balaban J connectivity index is 1.56. The van der Waals surface area contributed by atoms with Gasteiger partial charge in [-0.25, -0.2) is 8.42 Å². The van der Waals surface area contributed by atoms with Gasteiger partial charge < -0.3 is 14.4 Å². The summed E-state index contributed by atoms with van der Waals surface area (Å²) in [4.78, 5) is 29.3. The van der Waals surface area contributed by atoms with Crippen molar-refractivity contribution in [1.82, 2.24) is 9.21 Å². The summed E-state index contributed by atoms with van der Waals surface area (Å²) in [6.07, 6.45) is 1.50. The Morgan fingerprint density at radius 3 is 2.31 bits per heavy atom. The van der Waals surface area contributed by atoms with Crippen LogP contribution in [0.1, 0.15) is 39.2 Å². The van der Waals surface area contributed by atoms with Crippen LogP contribution in [0, 0.1) is 0 Å². The lowest BCUT2D eigenvalue weighted by Crippen LogP contribution is -2.54. The van der Waals surface area contributed by atoms with E-state index in [2.05, 4.69) is 0 Å². The maximum Gasteiger partial charge on any atom is 0.246 e. The van der Waals surface area contributed by atoms with Gasteiger partial charge in [-0.05, 0) is 23.8 Å². The number of nitrogens with zero attached hydrogens (tertiary/aromatic N) is 3.